The highest BCUT2D eigenvalue weighted by atomic mass is 16.7. The topological polar surface area (TPSA) is 211 Å². The molecule has 0 aromatic heterocycles. The minimum atomic E-state index is -2.16. The van der Waals surface area contributed by atoms with Crippen molar-refractivity contribution in [3.05, 3.63) is 195 Å². The number of anilines is 1. The minimum absolute atomic E-state index is 0.0626. The van der Waals surface area contributed by atoms with Crippen molar-refractivity contribution in [1.29, 1.82) is 0 Å². The number of nitro benzene ring substituents is 1. The van der Waals surface area contributed by atoms with E-state index in [-0.39, 0.29) is 56.6 Å². The first-order valence-electron chi connectivity index (χ1n) is 27.9. The van der Waals surface area contributed by atoms with Crippen LogP contribution in [0.5, 0.6) is 17.2 Å². The maximum absolute atomic E-state index is 17.0. The molecule has 6 unspecified atom stereocenters. The summed E-state index contributed by atoms with van der Waals surface area (Å²) in [5.74, 6) is 4.39. The fourth-order valence-electron chi connectivity index (χ4n) is 13.1. The smallest absolute Gasteiger partial charge is 0.421 e. The summed E-state index contributed by atoms with van der Waals surface area (Å²) in [5, 5.41) is 33.4. The Kier molecular flexibility index (Phi) is 15.0. The Hall–Kier alpha value is -8.60. The van der Waals surface area contributed by atoms with E-state index in [2.05, 4.69) is 16.7 Å². The van der Waals surface area contributed by atoms with Crippen LogP contribution in [-0.4, -0.2) is 112 Å². The van der Waals surface area contributed by atoms with E-state index in [1.54, 1.807) is 41.3 Å². The molecule has 4 fully saturated rings. The van der Waals surface area contributed by atoms with Gasteiger partial charge in [0.05, 0.1) is 35.2 Å². The molecule has 0 radical (unpaired) electrons. The van der Waals surface area contributed by atoms with Gasteiger partial charge < -0.3 is 38.8 Å². The zero-order valence-electron chi connectivity index (χ0n) is 45.0. The van der Waals surface area contributed by atoms with Crippen LogP contribution >= 0.6 is 0 Å². The highest BCUT2D eigenvalue weighted by molar-refractivity contribution is 6.23. The largest absolute Gasteiger partial charge is 0.491 e. The zero-order valence-corrected chi connectivity index (χ0v) is 45.0. The quantitative estimate of drug-likeness (QED) is 0.0387. The molecule has 18 nitrogen and oxygen atoms in total. The standard InChI is InChI=1S/C64H61N5O13/c70-34-35-78-49-17-11-16-47(38-49)58-64(50-36-42(26-29-63(75)27-9-1-2-10-28-63)20-24-51(50)67(61(64)73)62(74)79-40-43-18-22-48(23-19-43)69(76)77)54(59(71)66-32-30-65(31-33-66)39-44-21-25-52-53(37-44)81-41-80-52)56-60(72)82-57(46-14-7-4-8-15-46)55(68(56)58)45-12-5-3-6-13-45/h3-8,11-25,36-38,54-58,70,75H,1-2,9-10,27-28,30-35,39-41H2. The Morgan fingerprint density at radius 3 is 2.16 bits per heavy atom. The van der Waals surface area contributed by atoms with Crippen LogP contribution in [0.3, 0.4) is 0 Å². The SMILES string of the molecule is O=C1OC(c2ccccc2)C(c2ccccc2)N2C1C(C(=O)N1CCN(Cc3ccc4c(c3)OCO4)CC1)C1(C(=O)N(C(=O)OCc3ccc([N+](=O)[O-])cc3)c3ccc(C#CC4(O)CCCCCC4)cc31)C2c1cccc(OCCO)c1. The number of cyclic esters (lactones) is 1. The van der Waals surface area contributed by atoms with Gasteiger partial charge in [0.25, 0.3) is 5.69 Å². The van der Waals surface area contributed by atoms with Gasteiger partial charge in [0.2, 0.25) is 18.6 Å². The second-order valence-corrected chi connectivity index (χ2v) is 21.7. The average Bonchev–Trinajstić information content (AvgIpc) is 1.70. The predicted molar refractivity (Wildman–Crippen MR) is 298 cm³/mol. The third kappa shape index (κ3) is 10.1. The van der Waals surface area contributed by atoms with Crippen molar-refractivity contribution in [1.82, 2.24) is 14.7 Å². The molecule has 6 atom stereocenters. The van der Waals surface area contributed by atoms with E-state index in [0.29, 0.717) is 77.5 Å². The molecule has 1 aliphatic carbocycles. The molecule has 1 spiro atoms. The Bertz CT molecular complexity index is 3460. The number of rotatable bonds is 12. The van der Waals surface area contributed by atoms with Crippen molar-refractivity contribution in [3.8, 4) is 29.1 Å². The lowest BCUT2D eigenvalue weighted by Crippen LogP contribution is -2.59. The first-order chi connectivity index (χ1) is 39.9. The van der Waals surface area contributed by atoms with Crippen LogP contribution in [0.1, 0.15) is 95.7 Å². The van der Waals surface area contributed by atoms with E-state index < -0.39 is 70.0 Å². The number of nitro groups is 1. The van der Waals surface area contributed by atoms with Gasteiger partial charge in [-0.1, -0.05) is 104 Å². The van der Waals surface area contributed by atoms with Gasteiger partial charge in [0.15, 0.2) is 11.5 Å². The molecular weight excluding hydrogens is 1050 g/mol. The summed E-state index contributed by atoms with van der Waals surface area (Å²) in [5.41, 5.74) is 0.326. The van der Waals surface area contributed by atoms with Crippen LogP contribution in [0.25, 0.3) is 0 Å². The highest BCUT2D eigenvalue weighted by Gasteiger charge is 2.76. The number of fused-ring (bicyclic) bond motifs is 4. The van der Waals surface area contributed by atoms with Gasteiger partial charge in [0, 0.05) is 50.4 Å². The molecule has 18 heteroatoms. The number of esters is 1. The Labute approximate surface area is 473 Å². The lowest BCUT2D eigenvalue weighted by atomic mass is 9.64. The van der Waals surface area contributed by atoms with E-state index in [9.17, 15) is 20.3 Å². The molecule has 5 aliphatic heterocycles. The van der Waals surface area contributed by atoms with Crippen molar-refractivity contribution in [2.24, 2.45) is 5.92 Å². The lowest BCUT2D eigenvalue weighted by molar-refractivity contribution is -0.384. The molecule has 420 valence electrons. The number of hydrogen-bond donors (Lipinski definition) is 2. The van der Waals surface area contributed by atoms with Gasteiger partial charge in [-0.15, -0.1) is 0 Å². The second kappa shape index (κ2) is 22.7. The number of carbonyl (C=O) groups is 4. The number of ether oxygens (including phenoxy) is 5. The molecule has 3 saturated heterocycles. The molecule has 5 heterocycles. The number of piperazine rings is 1. The summed E-state index contributed by atoms with van der Waals surface area (Å²) in [4.78, 5) is 82.5. The van der Waals surface area contributed by atoms with E-state index in [1.165, 1.54) is 24.3 Å². The summed E-state index contributed by atoms with van der Waals surface area (Å²) in [6, 6.07) is 38.5. The monoisotopic (exact) mass is 1110 g/mol. The van der Waals surface area contributed by atoms with Gasteiger partial charge in [-0.2, -0.15) is 0 Å². The summed E-state index contributed by atoms with van der Waals surface area (Å²) in [6.45, 7) is 1.25. The van der Waals surface area contributed by atoms with Gasteiger partial charge in [-0.05, 0) is 114 Å². The highest BCUT2D eigenvalue weighted by Crippen LogP contribution is 2.66. The van der Waals surface area contributed by atoms with Gasteiger partial charge in [-0.3, -0.25) is 34.3 Å². The number of hydrogen-bond acceptors (Lipinski definition) is 15. The Balaban J connectivity index is 1.06. The summed E-state index contributed by atoms with van der Waals surface area (Å²) >= 11 is 0. The number of amides is 3. The number of benzene rings is 6. The van der Waals surface area contributed by atoms with E-state index in [4.69, 9.17) is 23.7 Å². The van der Waals surface area contributed by atoms with Crippen LogP contribution in [0.4, 0.5) is 16.2 Å². The van der Waals surface area contributed by atoms with Crippen LogP contribution in [0, 0.1) is 27.9 Å². The van der Waals surface area contributed by atoms with Crippen molar-refractivity contribution in [2.45, 2.75) is 86.9 Å². The van der Waals surface area contributed by atoms with E-state index in [0.717, 1.165) is 36.1 Å². The average molecular weight is 1110 g/mol. The molecular formula is C64H61N5O13. The Morgan fingerprint density at radius 2 is 1.44 bits per heavy atom. The maximum atomic E-state index is 17.0. The first-order valence-corrected chi connectivity index (χ1v) is 27.9. The van der Waals surface area contributed by atoms with Crippen molar-refractivity contribution in [2.75, 3.05) is 51.1 Å². The fourth-order valence-corrected chi connectivity index (χ4v) is 13.1. The van der Waals surface area contributed by atoms with Crippen molar-refractivity contribution in [3.63, 3.8) is 0 Å². The number of imide groups is 1. The summed E-state index contributed by atoms with van der Waals surface area (Å²) in [7, 11) is 0. The predicted octanol–water partition coefficient (Wildman–Crippen LogP) is 8.48. The molecule has 6 aromatic carbocycles. The molecule has 2 N–H and O–H groups in total. The third-order valence-electron chi connectivity index (χ3n) is 16.8. The first kappa shape index (κ1) is 54.0. The number of nitrogens with zero attached hydrogens (tertiary/aromatic N) is 5. The third-order valence-corrected chi connectivity index (χ3v) is 16.8. The number of aliphatic hydroxyl groups is 2. The molecule has 12 rings (SSSR count). The minimum Gasteiger partial charge on any atom is -0.491 e. The van der Waals surface area contributed by atoms with Gasteiger partial charge in [0.1, 0.15) is 42.1 Å². The van der Waals surface area contributed by atoms with E-state index in [1.807, 2.05) is 89.8 Å². The molecule has 6 aliphatic rings. The lowest BCUT2D eigenvalue weighted by Gasteiger charge is -2.46. The number of aliphatic hydroxyl groups excluding tert-OH is 1. The number of morpholine rings is 1. The molecule has 6 aromatic rings. The Morgan fingerprint density at radius 1 is 0.744 bits per heavy atom. The van der Waals surface area contributed by atoms with Crippen LogP contribution in [0.15, 0.2) is 146 Å². The molecule has 3 amide bonds. The molecule has 82 heavy (non-hydrogen) atoms. The van der Waals surface area contributed by atoms with Crippen LogP contribution in [-0.2, 0) is 42.4 Å². The maximum Gasteiger partial charge on any atom is 0.421 e. The number of carbonyl (C=O) groups excluding carboxylic acids is 4. The van der Waals surface area contributed by atoms with Gasteiger partial charge >= 0.3 is 12.1 Å². The van der Waals surface area contributed by atoms with Crippen LogP contribution < -0.4 is 19.1 Å². The normalized spacial score (nSPS) is 23.7. The molecule has 1 saturated carbocycles. The second-order valence-electron chi connectivity index (χ2n) is 21.7. The fraction of sp³-hybridized carbons (Fsp3) is 0.344. The van der Waals surface area contributed by atoms with Crippen molar-refractivity contribution >= 4 is 35.3 Å². The molecule has 0 bridgehead atoms. The zero-order chi connectivity index (χ0) is 56.5. The van der Waals surface area contributed by atoms with Gasteiger partial charge in [-0.25, -0.2) is 9.69 Å². The van der Waals surface area contributed by atoms with Crippen LogP contribution in [0.2, 0.25) is 0 Å². The number of non-ortho nitro benzene ring substituents is 1. The summed E-state index contributed by atoms with van der Waals surface area (Å²) < 4.78 is 30.0. The van der Waals surface area contributed by atoms with Crippen molar-refractivity contribution < 1.29 is 58.0 Å². The summed E-state index contributed by atoms with van der Waals surface area (Å²) in [6.07, 6.45) is 2.40. The van der Waals surface area contributed by atoms with E-state index >= 15 is 19.2 Å².